The highest BCUT2D eigenvalue weighted by molar-refractivity contribution is 7.92. The number of halogens is 3. The van der Waals surface area contributed by atoms with E-state index in [0.717, 1.165) is 10.6 Å². The van der Waals surface area contributed by atoms with E-state index in [9.17, 15) is 21.6 Å². The standard InChI is InChI=1S/C14H12F3N5O2S/c1-8-4-3-5-10(14(15,16)17)11(8)21-25(23,24)13-19-12-18-9(2)6-7-22(12)20-13/h3-7,21H,1-2H3. The molecule has 0 fully saturated rings. The van der Waals surface area contributed by atoms with Crippen molar-refractivity contribution in [2.24, 2.45) is 0 Å². The molecule has 0 bridgehead atoms. The highest BCUT2D eigenvalue weighted by Gasteiger charge is 2.35. The smallest absolute Gasteiger partial charge is 0.276 e. The quantitative estimate of drug-likeness (QED) is 0.764. The van der Waals surface area contributed by atoms with Gasteiger partial charge in [0.2, 0.25) is 0 Å². The third-order valence-electron chi connectivity index (χ3n) is 3.38. The molecule has 7 nitrogen and oxygen atoms in total. The number of nitrogens with one attached hydrogen (secondary N) is 1. The fraction of sp³-hybridized carbons (Fsp3) is 0.214. The molecule has 11 heteroatoms. The lowest BCUT2D eigenvalue weighted by atomic mass is 10.1. The van der Waals surface area contributed by atoms with Crippen molar-refractivity contribution in [3.05, 3.63) is 47.3 Å². The molecule has 1 aromatic carbocycles. The average molecular weight is 371 g/mol. The summed E-state index contributed by atoms with van der Waals surface area (Å²) in [6, 6.07) is 4.96. The number of hydrogen-bond donors (Lipinski definition) is 1. The molecule has 0 amide bonds. The third-order valence-corrected chi connectivity index (χ3v) is 4.51. The molecule has 0 saturated heterocycles. The van der Waals surface area contributed by atoms with Gasteiger partial charge in [-0.2, -0.15) is 26.6 Å². The minimum absolute atomic E-state index is 0.0289. The van der Waals surface area contributed by atoms with Gasteiger partial charge in [-0.3, -0.25) is 4.72 Å². The molecular weight excluding hydrogens is 359 g/mol. The Balaban J connectivity index is 2.07. The van der Waals surface area contributed by atoms with Gasteiger partial charge in [0.1, 0.15) is 0 Å². The summed E-state index contributed by atoms with van der Waals surface area (Å²) in [4.78, 5) is 7.78. The van der Waals surface area contributed by atoms with Gasteiger partial charge in [0.25, 0.3) is 21.0 Å². The van der Waals surface area contributed by atoms with E-state index in [1.165, 1.54) is 25.3 Å². The number of anilines is 1. The van der Waals surface area contributed by atoms with E-state index in [4.69, 9.17) is 0 Å². The van der Waals surface area contributed by atoms with E-state index in [0.29, 0.717) is 5.69 Å². The van der Waals surface area contributed by atoms with Gasteiger partial charge < -0.3 is 0 Å². The minimum atomic E-state index is -4.71. The second-order valence-electron chi connectivity index (χ2n) is 5.31. The summed E-state index contributed by atoms with van der Waals surface area (Å²) >= 11 is 0. The number of benzene rings is 1. The molecule has 0 spiro atoms. The van der Waals surface area contributed by atoms with Crippen molar-refractivity contribution in [1.82, 2.24) is 19.6 Å². The van der Waals surface area contributed by atoms with Crippen molar-refractivity contribution in [3.63, 3.8) is 0 Å². The van der Waals surface area contributed by atoms with Crippen LogP contribution in [0.25, 0.3) is 5.78 Å². The van der Waals surface area contributed by atoms with Crippen LogP contribution in [0.1, 0.15) is 16.8 Å². The van der Waals surface area contributed by atoms with Crippen LogP contribution in [0.3, 0.4) is 0 Å². The number of fused-ring (bicyclic) bond motifs is 1. The molecule has 0 atom stereocenters. The Morgan fingerprint density at radius 2 is 1.84 bits per heavy atom. The maximum atomic E-state index is 13.1. The highest BCUT2D eigenvalue weighted by atomic mass is 32.2. The number of para-hydroxylation sites is 1. The zero-order valence-electron chi connectivity index (χ0n) is 13.0. The van der Waals surface area contributed by atoms with E-state index < -0.39 is 32.6 Å². The molecule has 1 N–H and O–H groups in total. The van der Waals surface area contributed by atoms with Gasteiger partial charge >= 0.3 is 6.18 Å². The van der Waals surface area contributed by atoms with E-state index >= 15 is 0 Å². The van der Waals surface area contributed by atoms with Crippen LogP contribution in [-0.4, -0.2) is 28.0 Å². The summed E-state index contributed by atoms with van der Waals surface area (Å²) in [6.07, 6.45) is -3.26. The molecule has 0 aliphatic heterocycles. The van der Waals surface area contributed by atoms with Crippen LogP contribution < -0.4 is 4.72 Å². The number of sulfonamides is 1. The van der Waals surface area contributed by atoms with Crippen LogP contribution in [0.5, 0.6) is 0 Å². The molecule has 2 aromatic heterocycles. The fourth-order valence-electron chi connectivity index (χ4n) is 2.18. The fourth-order valence-corrected chi connectivity index (χ4v) is 3.21. The van der Waals surface area contributed by atoms with Gasteiger partial charge in [-0.1, -0.05) is 12.1 Å². The van der Waals surface area contributed by atoms with Crippen LogP contribution in [-0.2, 0) is 16.2 Å². The lowest BCUT2D eigenvalue weighted by Gasteiger charge is -2.15. The predicted octanol–water partition coefficient (Wildman–Crippen LogP) is 2.56. The Labute approximate surface area is 140 Å². The van der Waals surface area contributed by atoms with Crippen LogP contribution in [0, 0.1) is 13.8 Å². The summed E-state index contributed by atoms with van der Waals surface area (Å²) < 4.78 is 67.4. The maximum absolute atomic E-state index is 13.1. The minimum Gasteiger partial charge on any atom is -0.276 e. The van der Waals surface area contributed by atoms with Gasteiger partial charge in [0.05, 0.1) is 11.3 Å². The molecule has 0 aliphatic rings. The number of aromatic nitrogens is 4. The Bertz CT molecular complexity index is 1060. The monoisotopic (exact) mass is 371 g/mol. The van der Waals surface area contributed by atoms with Crippen LogP contribution >= 0.6 is 0 Å². The Kier molecular flexibility index (Phi) is 3.90. The number of aryl methyl sites for hydroxylation is 2. The Morgan fingerprint density at radius 1 is 1.12 bits per heavy atom. The molecule has 25 heavy (non-hydrogen) atoms. The maximum Gasteiger partial charge on any atom is 0.418 e. The molecule has 0 aliphatic carbocycles. The van der Waals surface area contributed by atoms with Crippen LogP contribution in [0.2, 0.25) is 0 Å². The lowest BCUT2D eigenvalue weighted by Crippen LogP contribution is -2.19. The van der Waals surface area contributed by atoms with E-state index in [2.05, 4.69) is 15.1 Å². The first kappa shape index (κ1) is 17.1. The van der Waals surface area contributed by atoms with Crippen molar-refractivity contribution >= 4 is 21.5 Å². The lowest BCUT2D eigenvalue weighted by molar-refractivity contribution is -0.136. The van der Waals surface area contributed by atoms with Gasteiger partial charge in [-0.15, -0.1) is 5.10 Å². The summed E-state index contributed by atoms with van der Waals surface area (Å²) in [5, 5.41) is 3.09. The molecule has 0 unspecified atom stereocenters. The SMILES string of the molecule is Cc1ccn2nc(S(=O)(=O)Nc3c(C)cccc3C(F)(F)F)nc2n1. The third kappa shape index (κ3) is 3.27. The predicted molar refractivity (Wildman–Crippen MR) is 82.5 cm³/mol. The van der Waals surface area contributed by atoms with Crippen LogP contribution in [0.15, 0.2) is 35.6 Å². The summed E-state index contributed by atoms with van der Waals surface area (Å²) in [5.41, 5.74) is -0.932. The topological polar surface area (TPSA) is 89.3 Å². The second-order valence-corrected chi connectivity index (χ2v) is 6.88. The van der Waals surface area contributed by atoms with Crippen molar-refractivity contribution in [2.45, 2.75) is 25.2 Å². The van der Waals surface area contributed by atoms with Crippen molar-refractivity contribution in [1.29, 1.82) is 0 Å². The first-order valence-corrected chi connectivity index (χ1v) is 8.46. The zero-order chi connectivity index (χ0) is 18.4. The molecule has 0 radical (unpaired) electrons. The van der Waals surface area contributed by atoms with E-state index in [1.807, 2.05) is 4.72 Å². The first-order chi connectivity index (χ1) is 11.6. The Morgan fingerprint density at radius 3 is 2.52 bits per heavy atom. The van der Waals surface area contributed by atoms with E-state index in [1.54, 1.807) is 13.0 Å². The largest absolute Gasteiger partial charge is 0.418 e. The van der Waals surface area contributed by atoms with Gasteiger partial charge in [0, 0.05) is 11.9 Å². The second kappa shape index (κ2) is 5.69. The van der Waals surface area contributed by atoms with Crippen molar-refractivity contribution in [3.8, 4) is 0 Å². The highest BCUT2D eigenvalue weighted by Crippen LogP contribution is 2.37. The van der Waals surface area contributed by atoms with Gasteiger partial charge in [-0.05, 0) is 31.5 Å². The molecule has 3 rings (SSSR count). The van der Waals surface area contributed by atoms with Crippen molar-refractivity contribution < 1.29 is 21.6 Å². The molecule has 132 valence electrons. The zero-order valence-corrected chi connectivity index (χ0v) is 13.9. The number of rotatable bonds is 3. The van der Waals surface area contributed by atoms with Crippen molar-refractivity contribution in [2.75, 3.05) is 4.72 Å². The molecule has 2 heterocycles. The summed E-state index contributed by atoms with van der Waals surface area (Å²) in [7, 11) is -4.43. The van der Waals surface area contributed by atoms with Crippen LogP contribution in [0.4, 0.5) is 18.9 Å². The first-order valence-electron chi connectivity index (χ1n) is 6.97. The molecule has 3 aromatic rings. The molecule has 0 saturated carbocycles. The Hall–Kier alpha value is -2.69. The average Bonchev–Trinajstić information content (AvgIpc) is 2.92. The van der Waals surface area contributed by atoms with E-state index in [-0.39, 0.29) is 11.3 Å². The molecular formula is C14H12F3N5O2S. The normalized spacial score (nSPS) is 12.5. The number of alkyl halides is 3. The summed E-state index contributed by atoms with van der Waals surface area (Å²) in [6.45, 7) is 3.05. The van der Waals surface area contributed by atoms with Gasteiger partial charge in [-0.25, -0.2) is 9.50 Å². The number of nitrogens with zero attached hydrogens (tertiary/aromatic N) is 4. The number of hydrogen-bond acceptors (Lipinski definition) is 5. The summed E-state index contributed by atoms with van der Waals surface area (Å²) in [5.74, 6) is 0.0289. The van der Waals surface area contributed by atoms with Gasteiger partial charge in [0.15, 0.2) is 0 Å².